The Kier molecular flexibility index (Phi) is 5.35. The molecule has 0 aliphatic rings. The number of carbonyl (C=O) groups is 1. The first-order valence-corrected chi connectivity index (χ1v) is 6.93. The fourth-order valence-corrected chi connectivity index (χ4v) is 1.86. The third-order valence-corrected chi connectivity index (χ3v) is 3.19. The number of rotatable bonds is 7. The molecular weight excluding hydrogens is 264 g/mol. The van der Waals surface area contributed by atoms with E-state index in [1.54, 1.807) is 6.92 Å². The molecule has 0 heterocycles. The lowest BCUT2D eigenvalue weighted by molar-refractivity contribution is -0.119. The van der Waals surface area contributed by atoms with Gasteiger partial charge in [0, 0.05) is 6.54 Å². The standard InChI is InChI=1S/C17H20N2O2/c1-13(17(18)20)19-11-15-8-5-9-16(10-15)21-12-14-6-3-2-4-7-14/h2-10,13,19H,11-12H2,1H3,(H2,18,20). The summed E-state index contributed by atoms with van der Waals surface area (Å²) in [7, 11) is 0. The number of primary amides is 1. The van der Waals surface area contributed by atoms with Crippen LogP contribution in [0, 0.1) is 0 Å². The van der Waals surface area contributed by atoms with E-state index in [1.165, 1.54) is 0 Å². The molecule has 0 radical (unpaired) electrons. The molecule has 110 valence electrons. The molecule has 0 aromatic heterocycles. The van der Waals surface area contributed by atoms with Crippen molar-refractivity contribution in [1.29, 1.82) is 0 Å². The maximum Gasteiger partial charge on any atom is 0.234 e. The smallest absolute Gasteiger partial charge is 0.234 e. The van der Waals surface area contributed by atoms with E-state index in [4.69, 9.17) is 10.5 Å². The Balaban J connectivity index is 1.90. The van der Waals surface area contributed by atoms with Crippen molar-refractivity contribution in [2.45, 2.75) is 26.1 Å². The van der Waals surface area contributed by atoms with Gasteiger partial charge in [0.1, 0.15) is 12.4 Å². The summed E-state index contributed by atoms with van der Waals surface area (Å²) < 4.78 is 5.77. The Morgan fingerprint density at radius 3 is 2.57 bits per heavy atom. The second-order valence-corrected chi connectivity index (χ2v) is 4.93. The minimum Gasteiger partial charge on any atom is -0.489 e. The summed E-state index contributed by atoms with van der Waals surface area (Å²) >= 11 is 0. The van der Waals surface area contributed by atoms with Crippen LogP contribution < -0.4 is 15.8 Å². The minimum atomic E-state index is -0.355. The second kappa shape index (κ2) is 7.45. The molecule has 2 rings (SSSR count). The summed E-state index contributed by atoms with van der Waals surface area (Å²) in [6.07, 6.45) is 0. The van der Waals surface area contributed by atoms with Gasteiger partial charge in [0.15, 0.2) is 0 Å². The van der Waals surface area contributed by atoms with Crippen molar-refractivity contribution in [2.75, 3.05) is 0 Å². The van der Waals surface area contributed by atoms with Crippen molar-refractivity contribution in [1.82, 2.24) is 5.32 Å². The van der Waals surface area contributed by atoms with Crippen molar-refractivity contribution in [3.63, 3.8) is 0 Å². The van der Waals surface area contributed by atoms with Crippen LogP contribution in [-0.2, 0) is 17.9 Å². The van der Waals surface area contributed by atoms with Gasteiger partial charge in [-0.3, -0.25) is 4.79 Å². The second-order valence-electron chi connectivity index (χ2n) is 4.93. The molecule has 3 N–H and O–H groups in total. The summed E-state index contributed by atoms with van der Waals surface area (Å²) in [4.78, 5) is 11.0. The first-order chi connectivity index (χ1) is 10.1. The lowest BCUT2D eigenvalue weighted by atomic mass is 10.2. The van der Waals surface area contributed by atoms with Crippen molar-refractivity contribution in [3.8, 4) is 5.75 Å². The molecule has 2 aromatic carbocycles. The molecule has 4 heteroatoms. The molecular formula is C17H20N2O2. The highest BCUT2D eigenvalue weighted by Crippen LogP contribution is 2.15. The van der Waals surface area contributed by atoms with E-state index in [1.807, 2.05) is 54.6 Å². The Labute approximate surface area is 124 Å². The van der Waals surface area contributed by atoms with Gasteiger partial charge in [-0.2, -0.15) is 0 Å². The van der Waals surface area contributed by atoms with Crippen LogP contribution in [0.4, 0.5) is 0 Å². The highest BCUT2D eigenvalue weighted by molar-refractivity contribution is 5.79. The lowest BCUT2D eigenvalue weighted by Crippen LogP contribution is -2.38. The average molecular weight is 284 g/mol. The highest BCUT2D eigenvalue weighted by atomic mass is 16.5. The zero-order chi connectivity index (χ0) is 15.1. The molecule has 0 spiro atoms. The zero-order valence-electron chi connectivity index (χ0n) is 12.1. The third-order valence-electron chi connectivity index (χ3n) is 3.19. The topological polar surface area (TPSA) is 64.3 Å². The Morgan fingerprint density at radius 1 is 1.14 bits per heavy atom. The maximum atomic E-state index is 11.0. The predicted octanol–water partition coefficient (Wildman–Crippen LogP) is 2.23. The molecule has 1 amide bonds. The van der Waals surface area contributed by atoms with Gasteiger partial charge in [0.05, 0.1) is 6.04 Å². The number of nitrogens with two attached hydrogens (primary N) is 1. The molecule has 2 aromatic rings. The highest BCUT2D eigenvalue weighted by Gasteiger charge is 2.07. The van der Waals surface area contributed by atoms with E-state index in [9.17, 15) is 4.79 Å². The number of benzene rings is 2. The maximum absolute atomic E-state index is 11.0. The van der Waals surface area contributed by atoms with Gasteiger partial charge in [0.2, 0.25) is 5.91 Å². The normalized spacial score (nSPS) is 11.9. The third kappa shape index (κ3) is 4.93. The molecule has 0 aliphatic heterocycles. The molecule has 4 nitrogen and oxygen atoms in total. The number of ether oxygens (including phenoxy) is 1. The largest absolute Gasteiger partial charge is 0.489 e. The van der Waals surface area contributed by atoms with Crippen LogP contribution in [0.5, 0.6) is 5.75 Å². The van der Waals surface area contributed by atoms with E-state index >= 15 is 0 Å². The first kappa shape index (κ1) is 15.1. The van der Waals surface area contributed by atoms with Crippen LogP contribution in [0.25, 0.3) is 0 Å². The van der Waals surface area contributed by atoms with E-state index in [0.29, 0.717) is 13.2 Å². The van der Waals surface area contributed by atoms with Crippen LogP contribution in [0.2, 0.25) is 0 Å². The van der Waals surface area contributed by atoms with Crippen LogP contribution >= 0.6 is 0 Å². The first-order valence-electron chi connectivity index (χ1n) is 6.93. The van der Waals surface area contributed by atoms with Gasteiger partial charge in [0.25, 0.3) is 0 Å². The van der Waals surface area contributed by atoms with Gasteiger partial charge in [-0.05, 0) is 30.2 Å². The fraction of sp³-hybridized carbons (Fsp3) is 0.235. The summed E-state index contributed by atoms with van der Waals surface area (Å²) in [5.41, 5.74) is 7.39. The van der Waals surface area contributed by atoms with E-state index < -0.39 is 0 Å². The van der Waals surface area contributed by atoms with Crippen LogP contribution in [0.3, 0.4) is 0 Å². The molecule has 1 unspecified atom stereocenters. The number of hydrogen-bond donors (Lipinski definition) is 2. The van der Waals surface area contributed by atoms with Gasteiger partial charge in [-0.15, -0.1) is 0 Å². The van der Waals surface area contributed by atoms with Crippen molar-refractivity contribution < 1.29 is 9.53 Å². The van der Waals surface area contributed by atoms with Crippen LogP contribution in [0.1, 0.15) is 18.1 Å². The number of carbonyl (C=O) groups excluding carboxylic acids is 1. The lowest BCUT2D eigenvalue weighted by Gasteiger charge is -2.11. The summed E-state index contributed by atoms with van der Waals surface area (Å²) in [5.74, 6) is 0.455. The summed E-state index contributed by atoms with van der Waals surface area (Å²) in [6.45, 7) is 2.86. The number of amides is 1. The van der Waals surface area contributed by atoms with Gasteiger partial charge >= 0.3 is 0 Å². The Morgan fingerprint density at radius 2 is 1.86 bits per heavy atom. The van der Waals surface area contributed by atoms with Crippen molar-refractivity contribution in [2.24, 2.45) is 5.73 Å². The Hall–Kier alpha value is -2.33. The average Bonchev–Trinajstić information content (AvgIpc) is 2.52. The van der Waals surface area contributed by atoms with E-state index in [0.717, 1.165) is 16.9 Å². The van der Waals surface area contributed by atoms with Crippen LogP contribution in [0.15, 0.2) is 54.6 Å². The summed E-state index contributed by atoms with van der Waals surface area (Å²) in [5, 5.41) is 3.07. The SMILES string of the molecule is CC(NCc1cccc(OCc2ccccc2)c1)C(N)=O. The fourth-order valence-electron chi connectivity index (χ4n) is 1.86. The number of hydrogen-bond acceptors (Lipinski definition) is 3. The Bertz CT molecular complexity index is 584. The summed E-state index contributed by atoms with van der Waals surface area (Å²) in [6, 6.07) is 17.5. The molecule has 0 aliphatic carbocycles. The van der Waals surface area contributed by atoms with Gasteiger partial charge in [-0.25, -0.2) is 0 Å². The molecule has 21 heavy (non-hydrogen) atoms. The molecule has 0 fully saturated rings. The van der Waals surface area contributed by atoms with E-state index in [2.05, 4.69) is 5.32 Å². The van der Waals surface area contributed by atoms with Crippen molar-refractivity contribution in [3.05, 3.63) is 65.7 Å². The van der Waals surface area contributed by atoms with Crippen LogP contribution in [-0.4, -0.2) is 11.9 Å². The van der Waals surface area contributed by atoms with Gasteiger partial charge < -0.3 is 15.8 Å². The quantitative estimate of drug-likeness (QED) is 0.819. The zero-order valence-corrected chi connectivity index (χ0v) is 12.1. The number of nitrogens with one attached hydrogen (secondary N) is 1. The molecule has 0 bridgehead atoms. The van der Waals surface area contributed by atoms with Crippen molar-refractivity contribution >= 4 is 5.91 Å². The minimum absolute atomic E-state index is 0.348. The predicted molar refractivity (Wildman–Crippen MR) is 82.7 cm³/mol. The van der Waals surface area contributed by atoms with Gasteiger partial charge in [-0.1, -0.05) is 42.5 Å². The molecule has 0 saturated carbocycles. The molecule has 1 atom stereocenters. The van der Waals surface area contributed by atoms with E-state index in [-0.39, 0.29) is 11.9 Å². The molecule has 0 saturated heterocycles. The monoisotopic (exact) mass is 284 g/mol.